The Balaban J connectivity index is 2.30. The molecule has 6 heteroatoms. The first kappa shape index (κ1) is 16.4. The van der Waals surface area contributed by atoms with Crippen LogP contribution in [0.25, 0.3) is 0 Å². The molecule has 0 radical (unpaired) electrons. The van der Waals surface area contributed by atoms with Gasteiger partial charge in [-0.15, -0.1) is 0 Å². The molecule has 2 aromatic rings. The number of hydrogen-bond acceptors (Lipinski definition) is 3. The Kier molecular flexibility index (Phi) is 5.13. The molecule has 5 nitrogen and oxygen atoms in total. The molecule has 0 bridgehead atoms. The van der Waals surface area contributed by atoms with Crippen molar-refractivity contribution in [2.24, 2.45) is 5.92 Å². The highest BCUT2D eigenvalue weighted by Gasteiger charge is 2.24. The van der Waals surface area contributed by atoms with Gasteiger partial charge in [0.05, 0.1) is 6.04 Å². The lowest BCUT2D eigenvalue weighted by Gasteiger charge is -2.22. The molecule has 22 heavy (non-hydrogen) atoms. The minimum atomic E-state index is -0.194. The van der Waals surface area contributed by atoms with Gasteiger partial charge in [0, 0.05) is 12.1 Å². The molecule has 0 saturated carbocycles. The summed E-state index contributed by atoms with van der Waals surface area (Å²) in [6.45, 7) is 8.81. The van der Waals surface area contributed by atoms with Gasteiger partial charge >= 0.3 is 0 Å². The SMILES string of the molecule is CCn1c([C@H](NC(=O)c2cccc(C)c2)C(C)C)n[nH]c1=S. The van der Waals surface area contributed by atoms with Crippen LogP contribution in [0, 0.1) is 17.6 Å². The Bertz CT molecular complexity index is 717. The summed E-state index contributed by atoms with van der Waals surface area (Å²) in [5.74, 6) is 0.867. The van der Waals surface area contributed by atoms with E-state index in [-0.39, 0.29) is 17.9 Å². The Morgan fingerprint density at radius 1 is 1.45 bits per heavy atom. The maximum absolute atomic E-state index is 12.5. The van der Waals surface area contributed by atoms with E-state index in [4.69, 9.17) is 12.2 Å². The van der Waals surface area contributed by atoms with Crippen LogP contribution in [-0.2, 0) is 6.54 Å². The van der Waals surface area contributed by atoms with Gasteiger partial charge in [-0.1, -0.05) is 31.5 Å². The second-order valence-electron chi connectivity index (χ2n) is 5.70. The summed E-state index contributed by atoms with van der Waals surface area (Å²) in [5.41, 5.74) is 1.72. The Hall–Kier alpha value is -1.95. The van der Waals surface area contributed by atoms with Crippen molar-refractivity contribution in [3.63, 3.8) is 0 Å². The number of carbonyl (C=O) groups excluding carboxylic acids is 1. The summed E-state index contributed by atoms with van der Waals surface area (Å²) in [5, 5.41) is 10.2. The van der Waals surface area contributed by atoms with Crippen molar-refractivity contribution < 1.29 is 4.79 Å². The number of aryl methyl sites for hydroxylation is 1. The largest absolute Gasteiger partial charge is 0.342 e. The lowest BCUT2D eigenvalue weighted by atomic mass is 10.0. The molecule has 1 heterocycles. The maximum atomic E-state index is 12.5. The van der Waals surface area contributed by atoms with Gasteiger partial charge in [0.25, 0.3) is 5.91 Å². The normalized spacial score (nSPS) is 12.4. The molecular formula is C16H22N4OS. The first-order valence-corrected chi connectivity index (χ1v) is 7.87. The van der Waals surface area contributed by atoms with Gasteiger partial charge < -0.3 is 9.88 Å². The standard InChI is InChI=1S/C16H22N4OS/c1-5-20-14(18-19-16(20)22)13(10(2)3)17-15(21)12-8-6-7-11(4)9-12/h6-10,13H,5H2,1-4H3,(H,17,21)(H,19,22)/t13-/m1/s1. The minimum absolute atomic E-state index is 0.0982. The van der Waals surface area contributed by atoms with Gasteiger partial charge in [0.2, 0.25) is 0 Å². The monoisotopic (exact) mass is 318 g/mol. The Morgan fingerprint density at radius 2 is 2.18 bits per heavy atom. The van der Waals surface area contributed by atoms with Crippen molar-refractivity contribution in [3.8, 4) is 0 Å². The zero-order chi connectivity index (χ0) is 16.3. The van der Waals surface area contributed by atoms with Crippen LogP contribution in [-0.4, -0.2) is 20.7 Å². The van der Waals surface area contributed by atoms with Gasteiger partial charge in [0.1, 0.15) is 0 Å². The van der Waals surface area contributed by atoms with E-state index in [1.54, 1.807) is 0 Å². The van der Waals surface area contributed by atoms with Crippen molar-refractivity contribution in [1.29, 1.82) is 0 Å². The quantitative estimate of drug-likeness (QED) is 0.831. The number of hydrogen-bond donors (Lipinski definition) is 2. The van der Waals surface area contributed by atoms with Crippen LogP contribution in [0.3, 0.4) is 0 Å². The highest BCUT2D eigenvalue weighted by molar-refractivity contribution is 7.71. The number of aromatic amines is 1. The van der Waals surface area contributed by atoms with Crippen molar-refractivity contribution in [2.75, 3.05) is 0 Å². The fourth-order valence-corrected chi connectivity index (χ4v) is 2.68. The number of aromatic nitrogens is 3. The van der Waals surface area contributed by atoms with E-state index in [0.29, 0.717) is 16.9 Å². The first-order chi connectivity index (χ1) is 10.4. The van der Waals surface area contributed by atoms with E-state index in [1.165, 1.54) is 0 Å². The molecule has 1 aromatic carbocycles. The third kappa shape index (κ3) is 3.44. The molecule has 118 valence electrons. The van der Waals surface area contributed by atoms with Crippen molar-refractivity contribution in [1.82, 2.24) is 20.1 Å². The number of carbonyl (C=O) groups is 1. The van der Waals surface area contributed by atoms with Gasteiger partial charge in [-0.2, -0.15) is 5.10 Å². The predicted molar refractivity (Wildman–Crippen MR) is 89.3 cm³/mol. The summed E-state index contributed by atoms with van der Waals surface area (Å²) >= 11 is 5.23. The summed E-state index contributed by atoms with van der Waals surface area (Å²) in [6.07, 6.45) is 0. The van der Waals surface area contributed by atoms with Crippen LogP contribution in [0.4, 0.5) is 0 Å². The molecule has 0 unspecified atom stereocenters. The van der Waals surface area contributed by atoms with Crippen molar-refractivity contribution in [3.05, 3.63) is 46.0 Å². The molecule has 2 N–H and O–H groups in total. The van der Waals surface area contributed by atoms with Crippen LogP contribution in [0.2, 0.25) is 0 Å². The number of benzene rings is 1. The second kappa shape index (κ2) is 6.87. The third-order valence-corrected chi connectivity index (χ3v) is 3.93. The van der Waals surface area contributed by atoms with E-state index in [2.05, 4.69) is 29.4 Å². The number of rotatable bonds is 5. The molecule has 1 atom stereocenters. The predicted octanol–water partition coefficient (Wildman–Crippen LogP) is 3.40. The van der Waals surface area contributed by atoms with Crippen LogP contribution in [0.5, 0.6) is 0 Å². The highest BCUT2D eigenvalue weighted by atomic mass is 32.1. The van der Waals surface area contributed by atoms with Crippen LogP contribution >= 0.6 is 12.2 Å². The van der Waals surface area contributed by atoms with Gasteiger partial charge in [-0.25, -0.2) is 0 Å². The van der Waals surface area contributed by atoms with Crippen LogP contribution in [0.1, 0.15) is 48.6 Å². The lowest BCUT2D eigenvalue weighted by Crippen LogP contribution is -2.33. The topological polar surface area (TPSA) is 62.7 Å². The highest BCUT2D eigenvalue weighted by Crippen LogP contribution is 2.21. The molecule has 0 aliphatic rings. The summed E-state index contributed by atoms with van der Waals surface area (Å²) < 4.78 is 2.49. The zero-order valence-electron chi connectivity index (χ0n) is 13.4. The van der Waals surface area contributed by atoms with Crippen LogP contribution in [0.15, 0.2) is 24.3 Å². The van der Waals surface area contributed by atoms with E-state index in [0.717, 1.165) is 11.4 Å². The fourth-order valence-electron chi connectivity index (χ4n) is 2.41. The molecule has 0 fully saturated rings. The first-order valence-electron chi connectivity index (χ1n) is 7.46. The Morgan fingerprint density at radius 3 is 2.77 bits per heavy atom. The lowest BCUT2D eigenvalue weighted by molar-refractivity contribution is 0.0922. The molecule has 0 aliphatic carbocycles. The third-order valence-electron chi connectivity index (χ3n) is 3.62. The zero-order valence-corrected chi connectivity index (χ0v) is 14.2. The molecule has 0 spiro atoms. The Labute approximate surface area is 135 Å². The molecule has 2 rings (SSSR count). The van der Waals surface area contributed by atoms with E-state index in [9.17, 15) is 4.79 Å². The number of amides is 1. The molecule has 1 amide bonds. The number of nitrogens with zero attached hydrogens (tertiary/aromatic N) is 2. The number of nitrogens with one attached hydrogen (secondary N) is 2. The fraction of sp³-hybridized carbons (Fsp3) is 0.438. The van der Waals surface area contributed by atoms with E-state index < -0.39 is 0 Å². The van der Waals surface area contributed by atoms with Crippen molar-refractivity contribution >= 4 is 18.1 Å². The average molecular weight is 318 g/mol. The summed E-state index contributed by atoms with van der Waals surface area (Å²) in [6, 6.07) is 7.36. The molecule has 0 aliphatic heterocycles. The van der Waals surface area contributed by atoms with E-state index >= 15 is 0 Å². The maximum Gasteiger partial charge on any atom is 0.251 e. The minimum Gasteiger partial charge on any atom is -0.342 e. The van der Waals surface area contributed by atoms with Gasteiger partial charge in [-0.3, -0.25) is 9.89 Å². The average Bonchev–Trinajstić information content (AvgIpc) is 2.84. The van der Waals surface area contributed by atoms with Gasteiger partial charge in [-0.05, 0) is 44.1 Å². The number of H-pyrrole nitrogens is 1. The summed E-state index contributed by atoms with van der Waals surface area (Å²) in [4.78, 5) is 12.5. The second-order valence-corrected chi connectivity index (χ2v) is 6.08. The van der Waals surface area contributed by atoms with Crippen LogP contribution < -0.4 is 5.32 Å². The molecule has 1 aromatic heterocycles. The van der Waals surface area contributed by atoms with E-state index in [1.807, 2.05) is 42.7 Å². The van der Waals surface area contributed by atoms with Crippen molar-refractivity contribution in [2.45, 2.75) is 40.3 Å². The van der Waals surface area contributed by atoms with Gasteiger partial charge in [0.15, 0.2) is 10.6 Å². The summed E-state index contributed by atoms with van der Waals surface area (Å²) in [7, 11) is 0. The molecular weight excluding hydrogens is 296 g/mol. The molecule has 0 saturated heterocycles. The smallest absolute Gasteiger partial charge is 0.251 e.